The molecule has 0 unspecified atom stereocenters. The van der Waals surface area contributed by atoms with Crippen molar-refractivity contribution in [3.8, 4) is 11.5 Å². The van der Waals surface area contributed by atoms with Crippen LogP contribution in [0.2, 0.25) is 0 Å². The van der Waals surface area contributed by atoms with Crippen molar-refractivity contribution in [2.45, 2.75) is 19.6 Å². The quantitative estimate of drug-likeness (QED) is 0.0655. The fourth-order valence-electron chi connectivity index (χ4n) is 5.09. The number of sulfone groups is 1. The van der Waals surface area contributed by atoms with Crippen LogP contribution >= 0.6 is 0 Å². The van der Waals surface area contributed by atoms with Crippen molar-refractivity contribution < 1.29 is 104 Å². The number of anilines is 2. The van der Waals surface area contributed by atoms with E-state index < -0.39 is 51.4 Å². The molecule has 53 heavy (non-hydrogen) atoms. The summed E-state index contributed by atoms with van der Waals surface area (Å²) < 4.78 is 92.3. The number of azo groups is 2. The zero-order chi connectivity index (χ0) is 36.9. The van der Waals surface area contributed by atoms with Crippen molar-refractivity contribution in [3.05, 3.63) is 97.1 Å². The Morgan fingerprint density at radius 3 is 1.23 bits per heavy atom. The molecular weight excluding hydrogens is 771 g/mol. The average molecular weight is 793 g/mol. The largest absolute Gasteiger partial charge is 1.00 e. The molecule has 0 aliphatic heterocycles. The Morgan fingerprint density at radius 1 is 0.491 bits per heavy atom. The summed E-state index contributed by atoms with van der Waals surface area (Å²) in [5.74, 6) is -1.59. The van der Waals surface area contributed by atoms with Crippen molar-refractivity contribution in [3.63, 3.8) is 0 Å². The van der Waals surface area contributed by atoms with Crippen LogP contribution < -0.4 is 80.8 Å². The number of rotatable bonds is 8. The van der Waals surface area contributed by atoms with Gasteiger partial charge in [0.05, 0.1) is 42.3 Å². The number of fused-ring (bicyclic) bond motifs is 2. The summed E-state index contributed by atoms with van der Waals surface area (Å²) >= 11 is 0. The van der Waals surface area contributed by atoms with E-state index in [0.717, 1.165) is 24.3 Å². The molecule has 0 aliphatic rings. The third kappa shape index (κ3) is 8.71. The van der Waals surface area contributed by atoms with E-state index in [1.54, 1.807) is 0 Å². The molecule has 0 fully saturated rings. The molecule has 0 spiro atoms. The summed E-state index contributed by atoms with van der Waals surface area (Å²) in [5.41, 5.74) is 12.0. The van der Waals surface area contributed by atoms with E-state index in [-0.39, 0.29) is 125 Å². The van der Waals surface area contributed by atoms with E-state index in [1.807, 2.05) is 0 Å². The minimum absolute atomic E-state index is 0. The van der Waals surface area contributed by atoms with Gasteiger partial charge >= 0.3 is 59.1 Å². The molecular formula is C32H22N6Na2O10S3. The molecule has 0 bridgehead atoms. The number of nitrogens with zero attached hydrogens (tertiary/aromatic N) is 4. The van der Waals surface area contributed by atoms with Gasteiger partial charge in [0.2, 0.25) is 9.84 Å². The molecule has 0 heterocycles. The zero-order valence-corrected chi connectivity index (χ0v) is 34.0. The molecule has 6 aromatic rings. The van der Waals surface area contributed by atoms with Gasteiger partial charge in [-0.05, 0) is 83.6 Å². The van der Waals surface area contributed by atoms with Crippen LogP contribution in [0.4, 0.5) is 34.1 Å². The van der Waals surface area contributed by atoms with E-state index in [2.05, 4.69) is 20.5 Å². The number of nitrogen functional groups attached to an aromatic ring is 2. The summed E-state index contributed by atoms with van der Waals surface area (Å²) in [5, 5.41) is 41.9. The zero-order valence-electron chi connectivity index (χ0n) is 27.6. The SMILES string of the molecule is Nc1ccc2cc(S(=O)(=O)O)cc([O-])c2c1N=Nc1cccc(S(=O)(=O)c2cccc(N=Nc3c(N)ccc4cc(S(=O)(=O)O)cc([O-])c34)c2)c1.[Na+].[Na+]. The topological polar surface area (TPSA) is 290 Å². The van der Waals surface area contributed by atoms with Gasteiger partial charge in [0.25, 0.3) is 20.2 Å². The second-order valence-corrected chi connectivity index (χ2v) is 15.7. The van der Waals surface area contributed by atoms with E-state index in [4.69, 9.17) is 11.5 Å². The Morgan fingerprint density at radius 2 is 0.868 bits per heavy atom. The molecule has 0 saturated heterocycles. The molecule has 6 N–H and O–H groups in total. The van der Waals surface area contributed by atoms with Crippen molar-refractivity contribution >= 4 is 85.7 Å². The first-order valence-corrected chi connectivity index (χ1v) is 18.6. The maximum Gasteiger partial charge on any atom is 1.00 e. The van der Waals surface area contributed by atoms with Crippen LogP contribution in [0, 0.1) is 0 Å². The van der Waals surface area contributed by atoms with Crippen LogP contribution in [0.5, 0.6) is 11.5 Å². The Balaban J connectivity index is 0.00000314. The average Bonchev–Trinajstić information content (AvgIpc) is 3.07. The van der Waals surface area contributed by atoms with Crippen molar-refractivity contribution in [1.82, 2.24) is 0 Å². The monoisotopic (exact) mass is 792 g/mol. The summed E-state index contributed by atoms with van der Waals surface area (Å²) in [6.45, 7) is 0. The Bertz CT molecular complexity index is 2650. The Hall–Kier alpha value is -3.99. The van der Waals surface area contributed by atoms with Gasteiger partial charge in [-0.15, -0.1) is 10.2 Å². The molecule has 0 amide bonds. The first-order chi connectivity index (χ1) is 23.9. The molecule has 0 saturated carbocycles. The second-order valence-electron chi connectivity index (χ2n) is 10.9. The molecule has 0 aromatic heterocycles. The van der Waals surface area contributed by atoms with Crippen molar-refractivity contribution in [2.75, 3.05) is 11.5 Å². The van der Waals surface area contributed by atoms with Gasteiger partial charge in [-0.25, -0.2) is 8.42 Å². The number of nitrogens with two attached hydrogens (primary N) is 2. The van der Waals surface area contributed by atoms with Crippen LogP contribution in [0.15, 0.2) is 137 Å². The first-order valence-electron chi connectivity index (χ1n) is 14.2. The minimum Gasteiger partial charge on any atom is -0.872 e. The molecule has 260 valence electrons. The predicted octanol–water partition coefficient (Wildman–Crippen LogP) is -0.530. The number of benzene rings is 6. The molecule has 0 radical (unpaired) electrons. The molecule has 6 aromatic carbocycles. The third-order valence-electron chi connectivity index (χ3n) is 7.50. The van der Waals surface area contributed by atoms with Crippen LogP contribution in [0.1, 0.15) is 0 Å². The maximum atomic E-state index is 13.7. The fourth-order valence-corrected chi connectivity index (χ4v) is 7.49. The van der Waals surface area contributed by atoms with Gasteiger partial charge in [-0.1, -0.05) is 35.8 Å². The molecule has 21 heteroatoms. The van der Waals surface area contributed by atoms with Gasteiger partial charge in [0.1, 0.15) is 11.4 Å². The van der Waals surface area contributed by atoms with Gasteiger partial charge in [0, 0.05) is 10.8 Å². The molecule has 0 atom stereocenters. The summed E-state index contributed by atoms with van der Waals surface area (Å²) in [6.07, 6.45) is 0. The third-order valence-corrected chi connectivity index (χ3v) is 10.9. The van der Waals surface area contributed by atoms with Gasteiger partial charge in [-0.3, -0.25) is 9.11 Å². The summed E-state index contributed by atoms with van der Waals surface area (Å²) in [4.78, 5) is -1.60. The van der Waals surface area contributed by atoms with Gasteiger partial charge in [0.15, 0.2) is 0 Å². The number of hydrogen-bond donors (Lipinski definition) is 4. The Labute approximate surface area is 346 Å². The van der Waals surface area contributed by atoms with Crippen LogP contribution in [-0.2, 0) is 30.1 Å². The van der Waals surface area contributed by atoms with Crippen LogP contribution in [0.25, 0.3) is 21.5 Å². The standard InChI is InChI=1S/C32H24N6O10S3.2Na/c33-25-9-7-17-11-23(50(43,44)45)15-27(39)29(17)31(25)37-35-19-3-1-5-21(13-19)49(41,42)22-6-2-4-20(14-22)36-38-32-26(34)10-8-18-12-24(51(46,47)48)16-28(40)30(18)32;;/h1-16,39-40H,33-34H2,(H,43,44,45)(H,46,47,48);;/q;2*+1/p-2. The van der Waals surface area contributed by atoms with Crippen LogP contribution in [0.3, 0.4) is 0 Å². The van der Waals surface area contributed by atoms with E-state index in [1.165, 1.54) is 72.8 Å². The predicted molar refractivity (Wildman–Crippen MR) is 182 cm³/mol. The summed E-state index contributed by atoms with van der Waals surface area (Å²) in [7, 11) is -13.5. The van der Waals surface area contributed by atoms with Crippen molar-refractivity contribution in [1.29, 1.82) is 0 Å². The van der Waals surface area contributed by atoms with Gasteiger partial charge < -0.3 is 21.7 Å². The van der Waals surface area contributed by atoms with E-state index >= 15 is 0 Å². The molecule has 16 nitrogen and oxygen atoms in total. The Kier molecular flexibility index (Phi) is 12.4. The maximum absolute atomic E-state index is 13.7. The van der Waals surface area contributed by atoms with E-state index in [9.17, 15) is 44.6 Å². The van der Waals surface area contributed by atoms with Crippen LogP contribution in [-0.4, -0.2) is 34.4 Å². The second kappa shape index (κ2) is 15.8. The minimum atomic E-state index is -4.67. The fraction of sp³-hybridized carbons (Fsp3) is 0. The molecule has 6 rings (SSSR count). The van der Waals surface area contributed by atoms with E-state index in [0.29, 0.717) is 0 Å². The normalized spacial score (nSPS) is 12.3. The summed E-state index contributed by atoms with van der Waals surface area (Å²) in [6, 6.07) is 19.8. The first kappa shape index (κ1) is 41.8. The van der Waals surface area contributed by atoms with Gasteiger partial charge in [-0.2, -0.15) is 27.1 Å². The van der Waals surface area contributed by atoms with Crippen molar-refractivity contribution in [2.24, 2.45) is 20.5 Å². The number of hydrogen-bond acceptors (Lipinski definition) is 14. The molecule has 0 aliphatic carbocycles. The smallest absolute Gasteiger partial charge is 0.872 e.